The number of furan rings is 1. The summed E-state index contributed by atoms with van der Waals surface area (Å²) in [5.41, 5.74) is 3.06. The van der Waals surface area contributed by atoms with Crippen molar-refractivity contribution in [3.63, 3.8) is 0 Å². The highest BCUT2D eigenvalue weighted by atomic mass is 16.4. The number of aromatic carboxylic acids is 1. The van der Waals surface area contributed by atoms with Gasteiger partial charge in [0.25, 0.3) is 0 Å². The predicted octanol–water partition coefficient (Wildman–Crippen LogP) is 2.58. The molecule has 1 aromatic carbocycles. The second kappa shape index (κ2) is 5.51. The highest BCUT2D eigenvalue weighted by Gasteiger charge is 2.19. The lowest BCUT2D eigenvalue weighted by Gasteiger charge is -2.18. The Labute approximate surface area is 117 Å². The molecule has 4 nitrogen and oxygen atoms in total. The van der Waals surface area contributed by atoms with Gasteiger partial charge in [0.15, 0.2) is 0 Å². The summed E-state index contributed by atoms with van der Waals surface area (Å²) in [7, 11) is 0. The molecule has 0 radical (unpaired) electrons. The van der Waals surface area contributed by atoms with Gasteiger partial charge in [0.2, 0.25) is 0 Å². The minimum Gasteiger partial charge on any atom is -0.478 e. The first kappa shape index (κ1) is 12.9. The SMILES string of the molecule is O=C(O)c1ccoc1CN1CCc2ccccc2CC1. The number of nitrogens with zero attached hydrogens (tertiary/aromatic N) is 1. The molecule has 0 unspecified atom stereocenters. The van der Waals surface area contributed by atoms with E-state index in [0.717, 1.165) is 25.9 Å². The van der Waals surface area contributed by atoms with Crippen molar-refractivity contribution in [2.75, 3.05) is 13.1 Å². The van der Waals surface area contributed by atoms with Gasteiger partial charge in [-0.3, -0.25) is 4.90 Å². The topological polar surface area (TPSA) is 53.7 Å². The zero-order valence-corrected chi connectivity index (χ0v) is 11.2. The van der Waals surface area contributed by atoms with Gasteiger partial charge in [0, 0.05) is 13.1 Å². The maximum Gasteiger partial charge on any atom is 0.339 e. The van der Waals surface area contributed by atoms with Crippen molar-refractivity contribution >= 4 is 5.97 Å². The van der Waals surface area contributed by atoms with Crippen LogP contribution in [0.1, 0.15) is 27.2 Å². The monoisotopic (exact) mass is 271 g/mol. The second-order valence-corrected chi connectivity index (χ2v) is 5.11. The summed E-state index contributed by atoms with van der Waals surface area (Å²) in [4.78, 5) is 13.3. The number of carboxylic acid groups (broad SMARTS) is 1. The summed E-state index contributed by atoms with van der Waals surface area (Å²) in [5.74, 6) is -0.379. The van der Waals surface area contributed by atoms with Crippen LogP contribution in [0.15, 0.2) is 41.0 Å². The van der Waals surface area contributed by atoms with Gasteiger partial charge in [0.05, 0.1) is 12.8 Å². The third-order valence-electron chi connectivity index (χ3n) is 3.86. The number of benzene rings is 1. The minimum absolute atomic E-state index is 0.270. The number of hydrogen-bond acceptors (Lipinski definition) is 3. The summed E-state index contributed by atoms with van der Waals surface area (Å²) < 4.78 is 5.32. The molecule has 0 saturated heterocycles. The van der Waals surface area contributed by atoms with Gasteiger partial charge in [-0.2, -0.15) is 0 Å². The third-order valence-corrected chi connectivity index (χ3v) is 3.86. The van der Waals surface area contributed by atoms with Gasteiger partial charge in [0.1, 0.15) is 11.3 Å². The summed E-state index contributed by atoms with van der Waals surface area (Å²) in [6, 6.07) is 10.0. The van der Waals surface area contributed by atoms with Gasteiger partial charge in [-0.15, -0.1) is 0 Å². The van der Waals surface area contributed by atoms with Crippen molar-refractivity contribution < 1.29 is 14.3 Å². The standard InChI is InChI=1S/C16H17NO3/c18-16(19)14-7-10-20-15(14)11-17-8-5-12-3-1-2-4-13(12)6-9-17/h1-4,7,10H,5-6,8-9,11H2,(H,18,19). The van der Waals surface area contributed by atoms with Crippen molar-refractivity contribution in [1.29, 1.82) is 0 Å². The van der Waals surface area contributed by atoms with E-state index in [4.69, 9.17) is 9.52 Å². The van der Waals surface area contributed by atoms with Crippen LogP contribution in [0.2, 0.25) is 0 Å². The fraction of sp³-hybridized carbons (Fsp3) is 0.312. The lowest BCUT2D eigenvalue weighted by Crippen LogP contribution is -2.26. The average Bonchev–Trinajstić information content (AvgIpc) is 2.81. The summed E-state index contributed by atoms with van der Waals surface area (Å²) in [5, 5.41) is 9.10. The molecule has 1 aliphatic heterocycles. The molecule has 104 valence electrons. The van der Waals surface area contributed by atoms with Crippen LogP contribution in [-0.4, -0.2) is 29.1 Å². The molecule has 2 aromatic rings. The molecule has 1 aliphatic rings. The largest absolute Gasteiger partial charge is 0.478 e. The Morgan fingerprint density at radius 2 is 1.80 bits per heavy atom. The Bertz CT molecular complexity index is 591. The molecule has 4 heteroatoms. The summed E-state index contributed by atoms with van der Waals surface area (Å²) in [6.07, 6.45) is 3.45. The zero-order chi connectivity index (χ0) is 13.9. The zero-order valence-electron chi connectivity index (χ0n) is 11.2. The Morgan fingerprint density at radius 1 is 1.15 bits per heavy atom. The molecule has 0 aliphatic carbocycles. The van der Waals surface area contributed by atoms with Crippen molar-refractivity contribution in [3.8, 4) is 0 Å². The van der Waals surface area contributed by atoms with E-state index in [2.05, 4.69) is 29.2 Å². The fourth-order valence-electron chi connectivity index (χ4n) is 2.73. The smallest absolute Gasteiger partial charge is 0.339 e. The van der Waals surface area contributed by atoms with Crippen LogP contribution in [0.4, 0.5) is 0 Å². The van der Waals surface area contributed by atoms with Crippen molar-refractivity contribution in [2.45, 2.75) is 19.4 Å². The summed E-state index contributed by atoms with van der Waals surface area (Å²) >= 11 is 0. The van der Waals surface area contributed by atoms with Crippen LogP contribution < -0.4 is 0 Å². The fourth-order valence-corrected chi connectivity index (χ4v) is 2.73. The van der Waals surface area contributed by atoms with Gasteiger partial charge < -0.3 is 9.52 Å². The van der Waals surface area contributed by atoms with Crippen LogP contribution in [0.5, 0.6) is 0 Å². The number of fused-ring (bicyclic) bond motifs is 1. The third kappa shape index (κ3) is 2.60. The minimum atomic E-state index is -0.924. The second-order valence-electron chi connectivity index (χ2n) is 5.11. The molecule has 0 amide bonds. The lowest BCUT2D eigenvalue weighted by atomic mass is 10.0. The Balaban J connectivity index is 1.71. The molecule has 0 fully saturated rings. The van der Waals surface area contributed by atoms with Gasteiger partial charge >= 0.3 is 5.97 Å². The Morgan fingerprint density at radius 3 is 2.40 bits per heavy atom. The maximum absolute atomic E-state index is 11.1. The molecular formula is C16H17NO3. The molecule has 2 heterocycles. The highest BCUT2D eigenvalue weighted by molar-refractivity contribution is 5.88. The van der Waals surface area contributed by atoms with Crippen molar-refractivity contribution in [3.05, 3.63) is 59.0 Å². The first-order chi connectivity index (χ1) is 9.74. The molecule has 0 atom stereocenters. The average molecular weight is 271 g/mol. The molecule has 0 spiro atoms. The van der Waals surface area contributed by atoms with Gasteiger partial charge in [-0.25, -0.2) is 4.79 Å². The highest BCUT2D eigenvalue weighted by Crippen LogP contribution is 2.19. The molecular weight excluding hydrogens is 254 g/mol. The molecule has 3 rings (SSSR count). The Hall–Kier alpha value is -2.07. The predicted molar refractivity (Wildman–Crippen MR) is 74.8 cm³/mol. The van der Waals surface area contributed by atoms with E-state index in [1.54, 1.807) is 0 Å². The molecule has 0 bridgehead atoms. The van der Waals surface area contributed by atoms with Crippen LogP contribution in [-0.2, 0) is 19.4 Å². The van der Waals surface area contributed by atoms with E-state index in [1.165, 1.54) is 23.5 Å². The van der Waals surface area contributed by atoms with Crippen LogP contribution in [0.3, 0.4) is 0 Å². The normalized spacial score (nSPS) is 15.6. The maximum atomic E-state index is 11.1. The van der Waals surface area contributed by atoms with Crippen LogP contribution >= 0.6 is 0 Å². The first-order valence-electron chi connectivity index (χ1n) is 6.83. The number of carbonyl (C=O) groups is 1. The van der Waals surface area contributed by atoms with Gasteiger partial charge in [-0.1, -0.05) is 24.3 Å². The van der Waals surface area contributed by atoms with Crippen molar-refractivity contribution in [1.82, 2.24) is 4.90 Å². The van der Waals surface area contributed by atoms with E-state index in [9.17, 15) is 4.79 Å². The first-order valence-corrected chi connectivity index (χ1v) is 6.83. The number of hydrogen-bond donors (Lipinski definition) is 1. The van der Waals surface area contributed by atoms with Crippen LogP contribution in [0.25, 0.3) is 0 Å². The quantitative estimate of drug-likeness (QED) is 0.932. The summed E-state index contributed by atoms with van der Waals surface area (Å²) in [6.45, 7) is 2.41. The van der Waals surface area contributed by atoms with Gasteiger partial charge in [-0.05, 0) is 30.0 Å². The van der Waals surface area contributed by atoms with E-state index < -0.39 is 5.97 Å². The number of carboxylic acids is 1. The molecule has 0 saturated carbocycles. The Kier molecular flexibility index (Phi) is 3.56. The molecule has 1 N–H and O–H groups in total. The molecule has 20 heavy (non-hydrogen) atoms. The van der Waals surface area contributed by atoms with E-state index in [-0.39, 0.29) is 5.56 Å². The lowest BCUT2D eigenvalue weighted by molar-refractivity contribution is 0.0692. The van der Waals surface area contributed by atoms with E-state index in [0.29, 0.717) is 12.3 Å². The van der Waals surface area contributed by atoms with Crippen LogP contribution in [0, 0.1) is 0 Å². The van der Waals surface area contributed by atoms with E-state index >= 15 is 0 Å². The van der Waals surface area contributed by atoms with Crippen molar-refractivity contribution in [2.24, 2.45) is 0 Å². The molecule has 1 aromatic heterocycles. The number of rotatable bonds is 3. The van der Waals surface area contributed by atoms with E-state index in [1.807, 2.05) is 0 Å².